The van der Waals surface area contributed by atoms with Crippen molar-refractivity contribution in [1.29, 1.82) is 0 Å². The summed E-state index contributed by atoms with van der Waals surface area (Å²) in [7, 11) is -4.02. The molecule has 0 unspecified atom stereocenters. The maximum atomic E-state index is 12.4. The topological polar surface area (TPSA) is 75.3 Å². The molecule has 0 radical (unpaired) electrons. The molecule has 2 aromatic carbocycles. The number of hydrogen-bond acceptors (Lipinski definition) is 3. The fraction of sp³-hybridized carbons (Fsp3) is 0.188. The summed E-state index contributed by atoms with van der Waals surface area (Å²) in [4.78, 5) is 12.1. The highest BCUT2D eigenvalue weighted by atomic mass is 35.5. The molecular formula is C16H15Cl3N2O3S. The van der Waals surface area contributed by atoms with Crippen molar-refractivity contribution in [2.45, 2.75) is 24.8 Å². The van der Waals surface area contributed by atoms with Gasteiger partial charge in [0.2, 0.25) is 15.9 Å². The zero-order valence-electron chi connectivity index (χ0n) is 13.3. The van der Waals surface area contributed by atoms with Crippen LogP contribution in [0.15, 0.2) is 41.3 Å². The minimum Gasteiger partial charge on any atom is -0.324 e. The van der Waals surface area contributed by atoms with Crippen LogP contribution in [0, 0.1) is 6.92 Å². The van der Waals surface area contributed by atoms with Crippen molar-refractivity contribution in [3.63, 3.8) is 0 Å². The quantitative estimate of drug-likeness (QED) is 0.757. The molecule has 0 bridgehead atoms. The normalized spacial score (nSPS) is 12.7. The van der Waals surface area contributed by atoms with E-state index >= 15 is 0 Å². The summed E-state index contributed by atoms with van der Waals surface area (Å²) in [5.74, 6) is -0.535. The fourth-order valence-corrected chi connectivity index (χ4v) is 4.14. The van der Waals surface area contributed by atoms with Gasteiger partial charge in [-0.15, -0.1) is 0 Å². The van der Waals surface area contributed by atoms with E-state index in [2.05, 4.69) is 10.0 Å². The van der Waals surface area contributed by atoms with Crippen LogP contribution in [0.3, 0.4) is 0 Å². The number of carbonyl (C=O) groups is 1. The Morgan fingerprint density at radius 1 is 1.04 bits per heavy atom. The highest BCUT2D eigenvalue weighted by Crippen LogP contribution is 2.25. The third-order valence-corrected chi connectivity index (χ3v) is 5.86. The maximum absolute atomic E-state index is 12.4. The van der Waals surface area contributed by atoms with Crippen LogP contribution in [0.2, 0.25) is 15.1 Å². The predicted molar refractivity (Wildman–Crippen MR) is 101 cm³/mol. The van der Waals surface area contributed by atoms with Gasteiger partial charge < -0.3 is 5.32 Å². The summed E-state index contributed by atoms with van der Waals surface area (Å²) < 4.78 is 27.2. The van der Waals surface area contributed by atoms with Gasteiger partial charge in [0.25, 0.3) is 0 Å². The summed E-state index contributed by atoms with van der Waals surface area (Å²) in [6, 6.07) is 8.05. The molecule has 25 heavy (non-hydrogen) atoms. The largest absolute Gasteiger partial charge is 0.324 e. The van der Waals surface area contributed by atoms with Gasteiger partial charge in [-0.25, -0.2) is 8.42 Å². The van der Waals surface area contributed by atoms with E-state index in [1.807, 2.05) is 0 Å². The monoisotopic (exact) mass is 420 g/mol. The molecule has 0 aliphatic rings. The Hall–Kier alpha value is -1.31. The Balaban J connectivity index is 2.17. The van der Waals surface area contributed by atoms with Gasteiger partial charge in [-0.05, 0) is 49.7 Å². The first-order valence-corrected chi connectivity index (χ1v) is 9.76. The van der Waals surface area contributed by atoms with Crippen molar-refractivity contribution in [2.24, 2.45) is 0 Å². The van der Waals surface area contributed by atoms with Gasteiger partial charge in [-0.1, -0.05) is 40.9 Å². The lowest BCUT2D eigenvalue weighted by Crippen LogP contribution is -2.41. The molecule has 1 atom stereocenters. The van der Waals surface area contributed by atoms with Crippen molar-refractivity contribution in [3.8, 4) is 0 Å². The standard InChI is InChI=1S/C16H15Cl3N2O3S/c1-9-3-4-11(17)7-14(9)20-16(22)10(2)21-25(23,24)15-8-12(18)5-6-13(15)19/h3-8,10,21H,1-2H3,(H,20,22)/t10-/m0/s1. The molecule has 0 aromatic heterocycles. The van der Waals surface area contributed by atoms with E-state index in [0.29, 0.717) is 10.7 Å². The molecule has 0 spiro atoms. The molecule has 0 aliphatic carbocycles. The molecule has 5 nitrogen and oxygen atoms in total. The van der Waals surface area contributed by atoms with E-state index in [-0.39, 0.29) is 14.9 Å². The average Bonchev–Trinajstić information content (AvgIpc) is 2.52. The van der Waals surface area contributed by atoms with Gasteiger partial charge in [-0.2, -0.15) is 4.72 Å². The first-order valence-electron chi connectivity index (χ1n) is 7.14. The van der Waals surface area contributed by atoms with Gasteiger partial charge in [0.15, 0.2) is 0 Å². The number of anilines is 1. The lowest BCUT2D eigenvalue weighted by atomic mass is 10.2. The van der Waals surface area contributed by atoms with E-state index in [0.717, 1.165) is 5.56 Å². The van der Waals surface area contributed by atoms with Gasteiger partial charge in [0.05, 0.1) is 11.1 Å². The predicted octanol–water partition coefficient (Wildman–Crippen LogP) is 4.26. The first-order chi connectivity index (χ1) is 11.6. The van der Waals surface area contributed by atoms with Crippen molar-refractivity contribution >= 4 is 56.4 Å². The van der Waals surface area contributed by atoms with Crippen molar-refractivity contribution in [2.75, 3.05) is 5.32 Å². The molecule has 0 heterocycles. The number of benzene rings is 2. The van der Waals surface area contributed by atoms with Crippen molar-refractivity contribution in [3.05, 3.63) is 57.0 Å². The molecule has 1 amide bonds. The molecule has 2 N–H and O–H groups in total. The molecule has 2 rings (SSSR count). The Kier molecular flexibility index (Phi) is 6.35. The number of nitrogens with one attached hydrogen (secondary N) is 2. The van der Waals surface area contributed by atoms with Crippen LogP contribution in [0.25, 0.3) is 0 Å². The minimum atomic E-state index is -4.02. The van der Waals surface area contributed by atoms with Gasteiger partial charge >= 0.3 is 0 Å². The second-order valence-electron chi connectivity index (χ2n) is 5.37. The highest BCUT2D eigenvalue weighted by molar-refractivity contribution is 7.89. The Morgan fingerprint density at radius 2 is 1.64 bits per heavy atom. The number of amides is 1. The molecule has 0 fully saturated rings. The summed E-state index contributed by atoms with van der Waals surface area (Å²) in [6.07, 6.45) is 0. The first kappa shape index (κ1) is 20.0. The van der Waals surface area contributed by atoms with Gasteiger partial charge in [0, 0.05) is 15.7 Å². The average molecular weight is 422 g/mol. The number of halogens is 3. The number of carbonyl (C=O) groups excluding carboxylic acids is 1. The second-order valence-corrected chi connectivity index (χ2v) is 8.33. The Morgan fingerprint density at radius 3 is 2.32 bits per heavy atom. The molecule has 0 saturated heterocycles. The summed E-state index contributed by atoms with van der Waals surface area (Å²) in [6.45, 7) is 3.22. The summed E-state index contributed by atoms with van der Waals surface area (Å²) in [5, 5.41) is 3.33. The van der Waals surface area contributed by atoms with Crippen LogP contribution in [-0.4, -0.2) is 20.4 Å². The van der Waals surface area contributed by atoms with Crippen LogP contribution in [0.4, 0.5) is 5.69 Å². The number of aryl methyl sites for hydroxylation is 1. The van der Waals surface area contributed by atoms with Gasteiger partial charge in [0.1, 0.15) is 4.90 Å². The third-order valence-electron chi connectivity index (χ3n) is 3.37. The van der Waals surface area contributed by atoms with Crippen molar-refractivity contribution < 1.29 is 13.2 Å². The van der Waals surface area contributed by atoms with Gasteiger partial charge in [-0.3, -0.25) is 4.79 Å². The van der Waals surface area contributed by atoms with E-state index in [1.54, 1.807) is 25.1 Å². The Bertz CT molecular complexity index is 917. The van der Waals surface area contributed by atoms with E-state index in [1.165, 1.54) is 25.1 Å². The van der Waals surface area contributed by atoms with Crippen molar-refractivity contribution in [1.82, 2.24) is 4.72 Å². The lowest BCUT2D eigenvalue weighted by Gasteiger charge is -2.16. The van der Waals surface area contributed by atoms with Crippen LogP contribution in [-0.2, 0) is 14.8 Å². The molecular weight excluding hydrogens is 407 g/mol. The SMILES string of the molecule is Cc1ccc(Cl)cc1NC(=O)[C@H](C)NS(=O)(=O)c1cc(Cl)ccc1Cl. The summed E-state index contributed by atoms with van der Waals surface area (Å²) >= 11 is 17.6. The molecule has 2 aromatic rings. The smallest absolute Gasteiger partial charge is 0.242 e. The molecule has 0 saturated carbocycles. The third kappa shape index (κ3) is 5.09. The zero-order chi connectivity index (χ0) is 18.8. The lowest BCUT2D eigenvalue weighted by molar-refractivity contribution is -0.117. The molecule has 134 valence electrons. The van der Waals surface area contributed by atoms with Crippen LogP contribution < -0.4 is 10.0 Å². The number of sulfonamides is 1. The highest BCUT2D eigenvalue weighted by Gasteiger charge is 2.24. The molecule has 9 heteroatoms. The second kappa shape index (κ2) is 7.93. The zero-order valence-corrected chi connectivity index (χ0v) is 16.4. The fourth-order valence-electron chi connectivity index (χ4n) is 2.00. The minimum absolute atomic E-state index is 0.00944. The Labute approximate surface area is 161 Å². The van der Waals surface area contributed by atoms with E-state index in [9.17, 15) is 13.2 Å². The summed E-state index contributed by atoms with van der Waals surface area (Å²) in [5.41, 5.74) is 1.30. The van der Waals surface area contributed by atoms with Crippen LogP contribution >= 0.6 is 34.8 Å². The van der Waals surface area contributed by atoms with Crippen LogP contribution in [0.1, 0.15) is 12.5 Å². The number of rotatable bonds is 5. The van der Waals surface area contributed by atoms with E-state index < -0.39 is 22.0 Å². The van der Waals surface area contributed by atoms with E-state index in [4.69, 9.17) is 34.8 Å². The molecule has 0 aliphatic heterocycles. The maximum Gasteiger partial charge on any atom is 0.242 e. The number of hydrogen-bond donors (Lipinski definition) is 2. The van der Waals surface area contributed by atoms with Crippen LogP contribution in [0.5, 0.6) is 0 Å².